The van der Waals surface area contributed by atoms with Gasteiger partial charge in [-0.15, -0.1) is 11.3 Å². The molecule has 0 aliphatic heterocycles. The van der Waals surface area contributed by atoms with Gasteiger partial charge in [0.1, 0.15) is 11.6 Å². The van der Waals surface area contributed by atoms with Crippen molar-refractivity contribution < 1.29 is 18.3 Å². The SMILES string of the molecule is O=[S+]([O-])(Nc1nccs1)c1ccc(NCc2cc(F)cc(Cl)c2O)cc1. The van der Waals surface area contributed by atoms with Crippen molar-refractivity contribution in [2.45, 2.75) is 11.4 Å². The first-order chi connectivity index (χ1) is 12.3. The predicted molar refractivity (Wildman–Crippen MR) is 99.7 cm³/mol. The maximum atomic E-state index is 13.4. The second-order valence-electron chi connectivity index (χ2n) is 5.22. The molecule has 0 radical (unpaired) electrons. The highest BCUT2D eigenvalue weighted by Gasteiger charge is 2.21. The Balaban J connectivity index is 1.69. The van der Waals surface area contributed by atoms with Crippen molar-refractivity contribution in [2.75, 3.05) is 10.0 Å². The lowest BCUT2D eigenvalue weighted by atomic mass is 10.2. The van der Waals surface area contributed by atoms with E-state index in [9.17, 15) is 18.3 Å². The van der Waals surface area contributed by atoms with Crippen LogP contribution in [0.3, 0.4) is 0 Å². The van der Waals surface area contributed by atoms with Gasteiger partial charge in [0.05, 0.1) is 5.02 Å². The number of benzene rings is 2. The molecule has 1 heterocycles. The summed E-state index contributed by atoms with van der Waals surface area (Å²) in [4.78, 5) is 3.96. The van der Waals surface area contributed by atoms with Crippen LogP contribution in [0.5, 0.6) is 5.75 Å². The second kappa shape index (κ2) is 7.58. The minimum Gasteiger partial charge on any atom is -0.588 e. The van der Waals surface area contributed by atoms with E-state index < -0.39 is 16.2 Å². The van der Waals surface area contributed by atoms with Crippen LogP contribution in [0.25, 0.3) is 0 Å². The summed E-state index contributed by atoms with van der Waals surface area (Å²) in [5, 5.41) is 14.7. The van der Waals surface area contributed by atoms with Crippen molar-refractivity contribution in [1.82, 2.24) is 4.98 Å². The number of nitrogens with one attached hydrogen (secondary N) is 2. The molecule has 1 unspecified atom stereocenters. The third-order valence-electron chi connectivity index (χ3n) is 3.41. The zero-order valence-corrected chi connectivity index (χ0v) is 15.5. The number of hydrogen-bond acceptors (Lipinski definition) is 6. The normalized spacial score (nSPS) is 13.2. The van der Waals surface area contributed by atoms with Gasteiger partial charge in [-0.2, -0.15) is 4.72 Å². The van der Waals surface area contributed by atoms with E-state index in [1.165, 1.54) is 35.7 Å². The summed E-state index contributed by atoms with van der Waals surface area (Å²) in [7, 11) is -3.72. The van der Waals surface area contributed by atoms with Crippen LogP contribution in [-0.4, -0.2) is 14.6 Å². The van der Waals surface area contributed by atoms with Gasteiger partial charge in [-0.05, 0) is 36.4 Å². The molecule has 0 spiro atoms. The molecular formula is C16H13ClFN3O3S2. The Kier molecular flexibility index (Phi) is 5.42. The first kappa shape index (κ1) is 18.6. The number of phenolic OH excluding ortho intramolecular Hbond substituents is 1. The molecule has 0 bridgehead atoms. The van der Waals surface area contributed by atoms with E-state index in [0.717, 1.165) is 6.07 Å². The van der Waals surface area contributed by atoms with Crippen LogP contribution in [0.15, 0.2) is 52.9 Å². The number of sulfonamides is 1. The van der Waals surface area contributed by atoms with Gasteiger partial charge < -0.3 is 15.0 Å². The van der Waals surface area contributed by atoms with Gasteiger partial charge in [-0.3, -0.25) is 0 Å². The summed E-state index contributed by atoms with van der Waals surface area (Å²) < 4.78 is 40.3. The van der Waals surface area contributed by atoms with Gasteiger partial charge in [0, 0.05) is 29.4 Å². The second-order valence-corrected chi connectivity index (χ2v) is 8.20. The minimum atomic E-state index is -3.72. The number of aromatic nitrogens is 1. The average molecular weight is 414 g/mol. The largest absolute Gasteiger partial charge is 0.588 e. The van der Waals surface area contributed by atoms with Crippen molar-refractivity contribution in [3.05, 3.63) is 64.4 Å². The molecular weight excluding hydrogens is 401 g/mol. The Labute approximate surface area is 159 Å². The van der Waals surface area contributed by atoms with E-state index in [1.54, 1.807) is 17.5 Å². The van der Waals surface area contributed by atoms with E-state index in [0.29, 0.717) is 5.69 Å². The average Bonchev–Trinajstić information content (AvgIpc) is 3.09. The molecule has 26 heavy (non-hydrogen) atoms. The fraction of sp³-hybridized carbons (Fsp3) is 0.0625. The molecule has 0 amide bonds. The van der Waals surface area contributed by atoms with Gasteiger partial charge in [0.25, 0.3) is 0 Å². The van der Waals surface area contributed by atoms with Gasteiger partial charge >= 0.3 is 0 Å². The molecule has 3 rings (SSSR count). The van der Waals surface area contributed by atoms with Crippen LogP contribution in [0.4, 0.5) is 15.2 Å². The fourth-order valence-electron chi connectivity index (χ4n) is 2.15. The topological polar surface area (TPSA) is 97.3 Å². The van der Waals surface area contributed by atoms with Crippen LogP contribution in [0, 0.1) is 5.82 Å². The Bertz CT molecular complexity index is 952. The van der Waals surface area contributed by atoms with E-state index >= 15 is 0 Å². The molecule has 0 saturated carbocycles. The fourth-order valence-corrected chi connectivity index (χ4v) is 4.17. The number of nitrogens with zero attached hydrogens (tertiary/aromatic N) is 1. The van der Waals surface area contributed by atoms with Gasteiger partial charge in [-0.1, -0.05) is 15.8 Å². The number of hydrogen-bond donors (Lipinski definition) is 3. The number of anilines is 2. The summed E-state index contributed by atoms with van der Waals surface area (Å²) >= 11 is 6.91. The highest BCUT2D eigenvalue weighted by atomic mass is 35.5. The van der Waals surface area contributed by atoms with E-state index in [-0.39, 0.29) is 32.9 Å². The Morgan fingerprint density at radius 3 is 2.69 bits per heavy atom. The zero-order valence-electron chi connectivity index (χ0n) is 13.1. The van der Waals surface area contributed by atoms with E-state index in [1.807, 2.05) is 0 Å². The molecule has 0 fully saturated rings. The Morgan fingerprint density at radius 1 is 1.31 bits per heavy atom. The third-order valence-corrected chi connectivity index (χ3v) is 5.87. The summed E-state index contributed by atoms with van der Waals surface area (Å²) in [5.41, 5.74) is 0.884. The summed E-state index contributed by atoms with van der Waals surface area (Å²) in [6.07, 6.45) is 1.50. The molecule has 0 aliphatic carbocycles. The third kappa shape index (κ3) is 4.31. The highest BCUT2D eigenvalue weighted by molar-refractivity contribution is 7.99. The van der Waals surface area contributed by atoms with Crippen LogP contribution >= 0.6 is 22.9 Å². The predicted octanol–water partition coefficient (Wildman–Crippen LogP) is 4.27. The molecule has 10 heteroatoms. The number of thiazole rings is 1. The molecule has 3 aromatic rings. The Hall–Kier alpha value is -2.20. The number of phenols is 1. The molecule has 1 atom stereocenters. The van der Waals surface area contributed by atoms with E-state index in [2.05, 4.69) is 15.0 Å². The molecule has 136 valence electrons. The van der Waals surface area contributed by atoms with Crippen LogP contribution < -0.4 is 10.0 Å². The van der Waals surface area contributed by atoms with Crippen molar-refractivity contribution in [3.63, 3.8) is 0 Å². The molecule has 2 aromatic carbocycles. The van der Waals surface area contributed by atoms with Gasteiger partial charge in [0.15, 0.2) is 15.3 Å². The standard InChI is InChI=1S/C16H13ClFN3O3S2/c17-14-8-11(18)7-10(15(14)22)9-20-12-1-3-13(4-2-12)26(23,24)21-16-19-5-6-25-16/h1-8H,9H2,(H3-,19,20,21,22,23,24). The van der Waals surface area contributed by atoms with Crippen molar-refractivity contribution in [1.29, 1.82) is 0 Å². The molecule has 0 aliphatic rings. The lowest BCUT2D eigenvalue weighted by molar-refractivity contribution is 0.466. The molecule has 3 N–H and O–H groups in total. The molecule has 6 nitrogen and oxygen atoms in total. The maximum absolute atomic E-state index is 13.4. The van der Waals surface area contributed by atoms with Crippen LogP contribution in [0.1, 0.15) is 5.56 Å². The van der Waals surface area contributed by atoms with Crippen molar-refractivity contribution >= 4 is 44.2 Å². The lowest BCUT2D eigenvalue weighted by Crippen LogP contribution is -2.20. The van der Waals surface area contributed by atoms with Crippen molar-refractivity contribution in [2.24, 2.45) is 0 Å². The zero-order chi connectivity index (χ0) is 18.7. The lowest BCUT2D eigenvalue weighted by Gasteiger charge is -2.14. The maximum Gasteiger partial charge on any atom is 0.225 e. The smallest absolute Gasteiger partial charge is 0.225 e. The Morgan fingerprint density at radius 2 is 2.04 bits per heavy atom. The molecule has 0 saturated heterocycles. The number of halogens is 2. The number of aromatic hydroxyl groups is 1. The first-order valence-electron chi connectivity index (χ1n) is 7.28. The van der Waals surface area contributed by atoms with Gasteiger partial charge in [0.2, 0.25) is 5.13 Å². The van der Waals surface area contributed by atoms with E-state index in [4.69, 9.17) is 11.6 Å². The first-order valence-corrected chi connectivity index (χ1v) is 10.0. The quantitative estimate of drug-likeness (QED) is 0.524. The molecule has 1 aromatic heterocycles. The van der Waals surface area contributed by atoms with Crippen LogP contribution in [-0.2, 0) is 21.2 Å². The monoisotopic (exact) mass is 413 g/mol. The summed E-state index contributed by atoms with van der Waals surface area (Å²) in [6, 6.07) is 8.18. The van der Waals surface area contributed by atoms with Gasteiger partial charge in [-0.25, -0.2) is 9.37 Å². The van der Waals surface area contributed by atoms with Crippen LogP contribution in [0.2, 0.25) is 5.02 Å². The number of rotatable bonds is 6. The summed E-state index contributed by atoms with van der Waals surface area (Å²) in [6.45, 7) is 0.118. The highest BCUT2D eigenvalue weighted by Crippen LogP contribution is 2.29. The summed E-state index contributed by atoms with van der Waals surface area (Å²) in [5.74, 6) is -0.758. The minimum absolute atomic E-state index is 0.0727. The van der Waals surface area contributed by atoms with Crippen molar-refractivity contribution in [3.8, 4) is 5.75 Å².